The van der Waals surface area contributed by atoms with Crippen LogP contribution in [0, 0.1) is 11.6 Å². The first-order chi connectivity index (χ1) is 24.1. The van der Waals surface area contributed by atoms with Crippen LogP contribution in [0.1, 0.15) is 51.2 Å². The summed E-state index contributed by atoms with van der Waals surface area (Å²) < 4.78 is 93.2. The Morgan fingerprint density at radius 1 is 0.827 bits per heavy atom. The number of carbonyl (C=O) groups excluding carboxylic acids is 1. The number of nitrogens with zero attached hydrogens (tertiary/aromatic N) is 4. The Kier molecular flexibility index (Phi) is 20.2. The molecule has 0 bridgehead atoms. The highest BCUT2D eigenvalue weighted by Gasteiger charge is 2.52. The lowest BCUT2D eigenvalue weighted by atomic mass is 9.82. The minimum Gasteiger partial charge on any atom is -0.494 e. The molecule has 1 aliphatic heterocycles. The van der Waals surface area contributed by atoms with Crippen molar-refractivity contribution < 1.29 is 45.2 Å². The Labute approximate surface area is 322 Å². The lowest BCUT2D eigenvalue weighted by molar-refractivity contribution is 0.00578. The van der Waals surface area contributed by atoms with Crippen molar-refractivity contribution >= 4 is 100 Å². The van der Waals surface area contributed by atoms with E-state index in [1.807, 2.05) is 27.7 Å². The number of hydrogen-bond acceptors (Lipinski definition) is 6. The van der Waals surface area contributed by atoms with Gasteiger partial charge < -0.3 is 14.0 Å². The predicted molar refractivity (Wildman–Crippen MR) is 223 cm³/mol. The molecule has 0 amide bonds. The van der Waals surface area contributed by atoms with E-state index in [0.717, 1.165) is 12.3 Å². The maximum atomic E-state index is 13.3. The smallest absolute Gasteiger partial charge is 0.494 e. The molecular weight excluding hydrogens is 909 g/mol. The Morgan fingerprint density at radius 3 is 1.77 bits per heavy atom. The zero-order chi connectivity index (χ0) is 39.6. The molecule has 2 aromatic heterocycles. The number of ether oxygens (including phenoxy) is 1. The first-order valence-electron chi connectivity index (χ1n) is 14.5. The van der Waals surface area contributed by atoms with Crippen molar-refractivity contribution in [2.75, 3.05) is 7.11 Å². The van der Waals surface area contributed by atoms with Gasteiger partial charge in [-0.25, -0.2) is 18.1 Å². The molecule has 0 N–H and O–H groups in total. The largest absolute Gasteiger partial charge is 0.498 e. The summed E-state index contributed by atoms with van der Waals surface area (Å²) in [6.07, 6.45) is 5.30. The molecule has 4 aromatic rings. The summed E-state index contributed by atoms with van der Waals surface area (Å²) in [4.78, 5) is 10.4. The Bertz CT molecular complexity index is 1720. The minimum atomic E-state index is -2.73. The molecule has 0 aliphatic carbocycles. The van der Waals surface area contributed by atoms with Crippen LogP contribution in [0.5, 0.6) is 5.75 Å². The molecule has 0 spiro atoms. The molecule has 1 fully saturated rings. The van der Waals surface area contributed by atoms with Crippen LogP contribution in [0.25, 0.3) is 11.1 Å². The molecule has 3 heterocycles. The summed E-state index contributed by atoms with van der Waals surface area (Å²) in [5.74, 6) is -0.776. The van der Waals surface area contributed by atoms with Crippen LogP contribution in [-0.4, -0.2) is 51.3 Å². The minimum absolute atomic E-state index is 0.0741. The quantitative estimate of drug-likeness (QED) is 0.0758. The maximum absolute atomic E-state index is 13.3. The molecule has 0 radical (unpaired) electrons. The van der Waals surface area contributed by atoms with Crippen LogP contribution in [0.15, 0.2) is 65.7 Å². The van der Waals surface area contributed by atoms with Crippen molar-refractivity contribution in [3.8, 4) is 16.9 Å². The van der Waals surface area contributed by atoms with Crippen LogP contribution in [0.3, 0.4) is 0 Å². The molecule has 0 saturated carbocycles. The number of rotatable bonds is 8. The van der Waals surface area contributed by atoms with Gasteiger partial charge in [-0.3, -0.25) is 4.79 Å². The number of benzene rings is 2. The monoisotopic (exact) mass is 946 g/mol. The van der Waals surface area contributed by atoms with E-state index in [-0.39, 0.29) is 38.1 Å². The number of carbonyl (C=O) groups is 1. The van der Waals surface area contributed by atoms with Crippen molar-refractivity contribution in [2.45, 2.75) is 52.0 Å². The van der Waals surface area contributed by atoms with Gasteiger partial charge in [-0.15, -0.1) is 44.6 Å². The molecule has 24 heteroatoms. The number of methoxy groups -OCH3 is 1. The summed E-state index contributed by atoms with van der Waals surface area (Å²) in [6, 6.07) is 8.52. The number of aldehydes is 1. The average Bonchev–Trinajstić information content (AvgIpc) is 3.80. The van der Waals surface area contributed by atoms with Gasteiger partial charge in [0.1, 0.15) is 5.82 Å². The van der Waals surface area contributed by atoms with E-state index in [9.17, 15) is 31.1 Å². The fourth-order valence-corrected chi connectivity index (χ4v) is 32.9. The second-order valence-corrected chi connectivity index (χ2v) is 40.3. The fourth-order valence-electron chi connectivity index (χ4n) is 3.72. The molecule has 286 valence electrons. The van der Waals surface area contributed by atoms with Crippen molar-refractivity contribution in [1.29, 1.82) is 0 Å². The van der Waals surface area contributed by atoms with Crippen LogP contribution in [-0.2, 0) is 9.31 Å². The molecule has 5 unspecified atom stereocenters. The van der Waals surface area contributed by atoms with Gasteiger partial charge in [-0.2, -0.15) is 27.8 Å². The Balaban J connectivity index is 0.000000252. The number of aromatic nitrogens is 4. The Hall–Kier alpha value is -0.185. The molecule has 5 atom stereocenters. The van der Waals surface area contributed by atoms with Gasteiger partial charge in [0.2, 0.25) is 0 Å². The van der Waals surface area contributed by atoms with E-state index in [4.69, 9.17) is 14.0 Å². The molecule has 5 rings (SSSR count). The lowest BCUT2D eigenvalue weighted by Gasteiger charge is -2.32. The summed E-state index contributed by atoms with van der Waals surface area (Å²) in [7, 11) is 15.2. The highest BCUT2D eigenvalue weighted by molar-refractivity contribution is 9.10. The second kappa shape index (κ2) is 21.9. The van der Waals surface area contributed by atoms with E-state index >= 15 is 0 Å². The van der Waals surface area contributed by atoms with Gasteiger partial charge in [-0.1, -0.05) is 22.0 Å². The highest BCUT2D eigenvalue weighted by atomic mass is 79.9. The van der Waals surface area contributed by atoms with E-state index < -0.39 is 37.2 Å². The van der Waals surface area contributed by atoms with Crippen molar-refractivity contribution in [2.24, 2.45) is 0 Å². The lowest BCUT2D eigenvalue weighted by Crippen LogP contribution is -2.41. The first-order valence-corrected chi connectivity index (χ1v) is 28.8. The Morgan fingerprint density at radius 2 is 1.37 bits per heavy atom. The van der Waals surface area contributed by atoms with Gasteiger partial charge in [0.15, 0.2) is 17.9 Å². The molecular formula is C28H38BBrF6N4O4P8. The normalized spacial score (nSPS) is 14.5. The third kappa shape index (κ3) is 14.4. The zero-order valence-corrected chi connectivity index (χ0v) is 38.4. The third-order valence-electron chi connectivity index (χ3n) is 7.20. The second-order valence-electron chi connectivity index (χ2n) is 11.3. The average molecular weight is 947 g/mol. The fraction of sp³-hybridized carbons (Fsp3) is 0.321. The van der Waals surface area contributed by atoms with E-state index in [1.165, 1.54) is 43.9 Å². The summed E-state index contributed by atoms with van der Waals surface area (Å²) in [6.45, 7) is 2.74. The topological polar surface area (TPSA) is 80.4 Å². The highest BCUT2D eigenvalue weighted by Crippen LogP contribution is 3.00. The van der Waals surface area contributed by atoms with E-state index in [2.05, 4.69) is 70.8 Å². The van der Waals surface area contributed by atoms with Gasteiger partial charge in [0.25, 0.3) is 0 Å². The summed E-state index contributed by atoms with van der Waals surface area (Å²) in [5, 5.41) is 7.00. The SMILES string of the molecule is CC1(C)OB(c2cnn(C(F)F)c2)OC1(C)C.COc1ccc(Br)cc1F.O=Cc1ccc(-c2cnn(C(F)F)c2)cc1F.PP(P)P(P)P(P)P. The molecule has 1 saturated heterocycles. The van der Waals surface area contributed by atoms with Crippen molar-refractivity contribution in [3.05, 3.63) is 82.9 Å². The zero-order valence-electron chi connectivity index (χ0n) is 28.4. The van der Waals surface area contributed by atoms with E-state index in [1.54, 1.807) is 12.1 Å². The number of alkyl halides is 4. The van der Waals surface area contributed by atoms with Crippen LogP contribution < -0.4 is 10.2 Å². The standard InChI is InChI=1S/C11H7F3N2O.C10H15BF2N2O2.C7H6BrFO.H10P8/c12-10-3-7(1-2-8(10)6-17)9-4-15-16(5-9)11(13)14;1-9(2)10(3,4)17-11(16-9)7-5-14-15(6-7)8(12)13;1-10-7-3-2-5(8)4-6(7)9;1-6(2)8(5)7(3)4/h1-6,11H;5-6,8H,1-4H3;2-4H,1H3;1-5H2. The van der Waals surface area contributed by atoms with Gasteiger partial charge in [0, 0.05) is 34.1 Å². The van der Waals surface area contributed by atoms with Crippen LogP contribution >= 0.6 is 81.5 Å². The van der Waals surface area contributed by atoms with Crippen LogP contribution in [0.4, 0.5) is 26.3 Å². The number of hydrogen-bond donors (Lipinski definition) is 0. The van der Waals surface area contributed by atoms with Crippen molar-refractivity contribution in [3.63, 3.8) is 0 Å². The molecule has 8 nitrogen and oxygen atoms in total. The van der Waals surface area contributed by atoms with Crippen molar-refractivity contribution in [1.82, 2.24) is 19.6 Å². The molecule has 52 heavy (non-hydrogen) atoms. The third-order valence-corrected chi connectivity index (χ3v) is 45.5. The van der Waals surface area contributed by atoms with E-state index in [0.29, 0.717) is 36.7 Å². The van der Waals surface area contributed by atoms with Gasteiger partial charge in [0.05, 0.1) is 30.1 Å². The maximum Gasteiger partial charge on any atom is 0.498 e. The number of halogens is 7. The predicted octanol–water partition coefficient (Wildman–Crippen LogP) is 11.3. The first kappa shape index (κ1) is 48.0. The summed E-state index contributed by atoms with van der Waals surface area (Å²) >= 11 is 3.13. The summed E-state index contributed by atoms with van der Waals surface area (Å²) in [5.41, 5.74) is 0.218. The van der Waals surface area contributed by atoms with Gasteiger partial charge >= 0.3 is 20.2 Å². The van der Waals surface area contributed by atoms with Crippen LogP contribution in [0.2, 0.25) is 0 Å². The van der Waals surface area contributed by atoms with Gasteiger partial charge in [-0.05, 0) is 84.6 Å². The molecule has 2 aromatic carbocycles. The molecule has 1 aliphatic rings.